The van der Waals surface area contributed by atoms with Crippen molar-refractivity contribution in [1.82, 2.24) is 9.55 Å². The smallest absolute Gasteiger partial charge is 0.343 e. The Morgan fingerprint density at radius 3 is 1.98 bits per heavy atom. The molecule has 0 bridgehead atoms. The van der Waals surface area contributed by atoms with Crippen molar-refractivity contribution < 1.29 is 37.2 Å². The molecule has 0 aliphatic carbocycles. The van der Waals surface area contributed by atoms with Crippen LogP contribution in [0.1, 0.15) is 64.5 Å². The minimum atomic E-state index is -2.58. The molecule has 1 N–H and O–H groups in total. The van der Waals surface area contributed by atoms with E-state index in [1.165, 1.54) is 16.8 Å². The number of hydroxylamine groups is 3. The molecule has 1 aromatic heterocycles. The van der Waals surface area contributed by atoms with E-state index in [1.807, 2.05) is 78.9 Å². The number of aromatic amines is 1. The Morgan fingerprint density at radius 1 is 0.877 bits per heavy atom. The Bertz CT molecular complexity index is 1950. The van der Waals surface area contributed by atoms with Crippen molar-refractivity contribution in [1.29, 1.82) is 0 Å². The average Bonchev–Trinajstić information content (AvgIpc) is 3.52. The quantitative estimate of drug-likeness (QED) is 0.0202. The third-order valence-electron chi connectivity index (χ3n) is 11.5. The van der Waals surface area contributed by atoms with Crippen LogP contribution in [-0.2, 0) is 40.9 Å². The Labute approximate surface area is 344 Å². The molecule has 4 aromatic rings. The number of hydrogen-bond acceptors (Lipinski definition) is 10. The van der Waals surface area contributed by atoms with Gasteiger partial charge in [-0.2, -0.15) is 9.27 Å². The number of aromatic nitrogens is 2. The van der Waals surface area contributed by atoms with Crippen LogP contribution in [0.2, 0.25) is 18.1 Å². The lowest BCUT2D eigenvalue weighted by Crippen LogP contribution is -2.50. The normalized spacial score (nSPS) is 20.5. The lowest BCUT2D eigenvalue weighted by Gasteiger charge is -2.43. The first kappa shape index (κ1) is 44.8. The van der Waals surface area contributed by atoms with Crippen molar-refractivity contribution in [3.8, 4) is 11.5 Å². The number of nitrogens with zero attached hydrogens (tertiary/aromatic N) is 2. The first-order chi connectivity index (χ1) is 27.1. The van der Waals surface area contributed by atoms with Gasteiger partial charge in [0, 0.05) is 24.4 Å². The van der Waals surface area contributed by atoms with Crippen molar-refractivity contribution in [3.05, 3.63) is 129 Å². The second kappa shape index (κ2) is 18.7. The molecule has 0 spiro atoms. The summed E-state index contributed by atoms with van der Waals surface area (Å²) in [7, 11) is -1.24. The molecule has 5 rings (SSSR count). The van der Waals surface area contributed by atoms with Gasteiger partial charge >= 0.3 is 11.4 Å². The number of hydrogen-bond donors (Lipinski definition) is 1. The van der Waals surface area contributed by atoms with Crippen molar-refractivity contribution >= 4 is 28.1 Å². The van der Waals surface area contributed by atoms with E-state index in [9.17, 15) is 9.59 Å². The molecule has 309 valence electrons. The number of benzene rings is 3. The van der Waals surface area contributed by atoms with Crippen LogP contribution in [0.4, 0.5) is 0 Å². The first-order valence-electron chi connectivity index (χ1n) is 19.4. The predicted molar refractivity (Wildman–Crippen MR) is 228 cm³/mol. The Hall–Kier alpha value is -3.30. The van der Waals surface area contributed by atoms with Crippen LogP contribution in [0.15, 0.2) is 101 Å². The maximum atomic E-state index is 13.5. The zero-order chi connectivity index (χ0) is 41.6. The molecule has 1 aliphatic rings. The van der Waals surface area contributed by atoms with Gasteiger partial charge in [0.15, 0.2) is 14.5 Å². The monoisotopic (exact) mass is 839 g/mol. The van der Waals surface area contributed by atoms with Crippen LogP contribution in [0.5, 0.6) is 11.5 Å². The third kappa shape index (κ3) is 9.78. The highest BCUT2D eigenvalue weighted by molar-refractivity contribution is 8.29. The molecule has 1 saturated heterocycles. The number of methoxy groups -OCH3 is 2. The molecule has 1 radical (unpaired) electrons. The van der Waals surface area contributed by atoms with E-state index in [1.54, 1.807) is 14.2 Å². The Morgan fingerprint density at radius 2 is 1.46 bits per heavy atom. The molecule has 5 atom stereocenters. The molecule has 2 heterocycles. The fourth-order valence-corrected chi connectivity index (χ4v) is 9.98. The summed E-state index contributed by atoms with van der Waals surface area (Å²) in [6, 6.07) is 26.8. The van der Waals surface area contributed by atoms with E-state index >= 15 is 0 Å². The summed E-state index contributed by atoms with van der Waals surface area (Å²) in [5.74, 6) is 1.39. The van der Waals surface area contributed by atoms with E-state index in [4.69, 9.17) is 44.8 Å². The van der Waals surface area contributed by atoms with Gasteiger partial charge in [0.1, 0.15) is 49.3 Å². The summed E-state index contributed by atoms with van der Waals surface area (Å²) in [5, 5.41) is -0.217. The summed E-state index contributed by atoms with van der Waals surface area (Å²) in [4.78, 5) is 28.1. The molecule has 57 heavy (non-hydrogen) atoms. The van der Waals surface area contributed by atoms with Gasteiger partial charge in [0.2, 0.25) is 0 Å². The van der Waals surface area contributed by atoms with Gasteiger partial charge in [-0.25, -0.2) is 4.79 Å². The SMILES string of the molecule is CC[N+](CC)(CC)OP([S-])O[C@H]1[C@@H](O[Si](C)(C)C(C)(C)C)[C@H](n2ccc(=O)[nH]c2=O)O[C@@H]1COC(c1ccccc1)(c1ccc(OC)cc1)c1ccc([O+]C)cc1. The molecular weight excluding hydrogens is 782 g/mol. The highest BCUT2D eigenvalue weighted by Crippen LogP contribution is 2.49. The topological polar surface area (TPSA) is 122 Å². The maximum Gasteiger partial charge on any atom is 0.343 e. The summed E-state index contributed by atoms with van der Waals surface area (Å²) in [6.45, 7) is 18.9. The minimum absolute atomic E-state index is 0.0303. The van der Waals surface area contributed by atoms with Gasteiger partial charge in [0.25, 0.3) is 12.7 Å². The first-order valence-corrected chi connectivity index (χ1v) is 24.5. The fourth-order valence-electron chi connectivity index (χ4n) is 6.85. The number of quaternary nitrogens is 1. The number of ether oxygens (including phenoxy) is 4. The van der Waals surface area contributed by atoms with Gasteiger partial charge in [-0.3, -0.25) is 19.1 Å². The summed E-state index contributed by atoms with van der Waals surface area (Å²) < 4.78 is 47.5. The van der Waals surface area contributed by atoms with Crippen LogP contribution >= 0.6 is 7.58 Å². The number of nitrogens with one attached hydrogen (secondary N) is 1. The minimum Gasteiger partial charge on any atom is -0.694 e. The van der Waals surface area contributed by atoms with Crippen molar-refractivity contribution in [2.75, 3.05) is 40.5 Å². The van der Waals surface area contributed by atoms with Crippen LogP contribution in [-0.4, -0.2) is 81.3 Å². The van der Waals surface area contributed by atoms with E-state index in [0.717, 1.165) is 16.7 Å². The highest BCUT2D eigenvalue weighted by Gasteiger charge is 2.53. The number of rotatable bonds is 18. The fraction of sp³-hybridized carbons (Fsp3) is 0.476. The lowest BCUT2D eigenvalue weighted by molar-refractivity contribution is -1.08. The van der Waals surface area contributed by atoms with E-state index in [2.05, 4.69) is 59.6 Å². The molecule has 3 aromatic carbocycles. The molecule has 1 fully saturated rings. The lowest BCUT2D eigenvalue weighted by atomic mass is 9.80. The molecule has 12 nitrogen and oxygen atoms in total. The summed E-state index contributed by atoms with van der Waals surface area (Å²) >= 11 is 6.00. The molecule has 1 unspecified atom stereocenters. The van der Waals surface area contributed by atoms with Gasteiger partial charge in [-0.15, -0.1) is 0 Å². The Kier molecular flexibility index (Phi) is 14.7. The second-order valence-corrected chi connectivity index (χ2v) is 22.1. The Balaban J connectivity index is 1.68. The van der Waals surface area contributed by atoms with E-state index in [0.29, 0.717) is 35.8 Å². The van der Waals surface area contributed by atoms with Crippen LogP contribution in [0.25, 0.3) is 0 Å². The van der Waals surface area contributed by atoms with Crippen LogP contribution in [0.3, 0.4) is 0 Å². The second-order valence-electron chi connectivity index (χ2n) is 15.6. The van der Waals surface area contributed by atoms with E-state index < -0.39 is 57.3 Å². The molecular formula is C42H58N3O9PSSi+. The standard InChI is InChI=1S/C42H58N3O9PSSi/c1-11-45(12-2,13-3)54-55(56)52-37-35(51-39(44-28-27-36(46)43-40(44)47)38(37)53-57(9,10)41(4,5)6)29-50-42(30-17-15-14-16-18-30,31-19-23-33(48-7)24-20-31)32-21-25-34(49-8)26-22-32/h14-28,35,37-39H,11-13,29H2,1-10H3,(H,43,46,47)/q+1/t35-,37-,38-,39-,55?/m1/s1. The van der Waals surface area contributed by atoms with Crippen LogP contribution < -0.4 is 20.7 Å². The van der Waals surface area contributed by atoms with Crippen LogP contribution in [0, 0.1) is 0 Å². The molecule has 0 amide bonds. The molecule has 0 saturated carbocycles. The van der Waals surface area contributed by atoms with Crippen molar-refractivity contribution in [3.63, 3.8) is 0 Å². The predicted octanol–water partition coefficient (Wildman–Crippen LogP) is 7.82. The summed E-state index contributed by atoms with van der Waals surface area (Å²) in [6.07, 6.45) is -2.08. The molecule has 1 aliphatic heterocycles. The third-order valence-corrected chi connectivity index (χ3v) is 17.3. The maximum absolute atomic E-state index is 13.5. The number of H-pyrrole nitrogens is 1. The zero-order valence-corrected chi connectivity index (χ0v) is 37.4. The van der Waals surface area contributed by atoms with Crippen molar-refractivity contribution in [2.24, 2.45) is 0 Å². The van der Waals surface area contributed by atoms with Crippen molar-refractivity contribution in [2.45, 2.75) is 89.8 Å². The zero-order valence-electron chi connectivity index (χ0n) is 34.7. The van der Waals surface area contributed by atoms with Gasteiger partial charge in [0.05, 0.1) is 21.3 Å². The van der Waals surface area contributed by atoms with Gasteiger partial charge in [-0.1, -0.05) is 63.2 Å². The largest absolute Gasteiger partial charge is 0.694 e. The van der Waals surface area contributed by atoms with Gasteiger partial charge < -0.3 is 35.4 Å². The van der Waals surface area contributed by atoms with E-state index in [-0.39, 0.29) is 11.6 Å². The average molecular weight is 840 g/mol. The molecule has 15 heteroatoms. The summed E-state index contributed by atoms with van der Waals surface area (Å²) in [5.41, 5.74) is 0.199. The van der Waals surface area contributed by atoms with Gasteiger partial charge in [-0.05, 0) is 79.9 Å². The highest BCUT2D eigenvalue weighted by atomic mass is 32.7.